The standard InChI is InChI=1S/C12H20N2O3/c1-13(2)11(15)5-6-14-8-3-4-10(14)9(7-8)12(16)17/h8-10H,3-7H2,1-2H3,(H,16,17). The zero-order valence-electron chi connectivity index (χ0n) is 10.4. The zero-order chi connectivity index (χ0) is 12.6. The Morgan fingerprint density at radius 2 is 2.06 bits per heavy atom. The molecule has 2 heterocycles. The van der Waals surface area contributed by atoms with Crippen molar-refractivity contribution in [2.45, 2.75) is 37.8 Å². The SMILES string of the molecule is CN(C)C(=O)CCN1C2CCC1C(C(=O)O)C2. The number of carbonyl (C=O) groups excluding carboxylic acids is 1. The Hall–Kier alpha value is -1.10. The molecule has 2 aliphatic heterocycles. The first-order chi connectivity index (χ1) is 8.00. The lowest BCUT2D eigenvalue weighted by molar-refractivity contribution is -0.142. The van der Waals surface area contributed by atoms with E-state index in [4.69, 9.17) is 5.11 Å². The van der Waals surface area contributed by atoms with E-state index in [1.54, 1.807) is 19.0 Å². The molecule has 17 heavy (non-hydrogen) atoms. The number of carbonyl (C=O) groups is 2. The highest BCUT2D eigenvalue weighted by atomic mass is 16.4. The molecule has 96 valence electrons. The molecule has 2 rings (SSSR count). The molecule has 0 spiro atoms. The van der Waals surface area contributed by atoms with Crippen LogP contribution in [-0.2, 0) is 9.59 Å². The second-order valence-electron chi connectivity index (χ2n) is 5.25. The van der Waals surface area contributed by atoms with Crippen molar-refractivity contribution in [3.8, 4) is 0 Å². The van der Waals surface area contributed by atoms with E-state index in [9.17, 15) is 9.59 Å². The monoisotopic (exact) mass is 240 g/mol. The van der Waals surface area contributed by atoms with Crippen molar-refractivity contribution in [1.82, 2.24) is 9.80 Å². The molecule has 2 saturated heterocycles. The number of fused-ring (bicyclic) bond motifs is 2. The highest BCUT2D eigenvalue weighted by Gasteiger charge is 2.48. The van der Waals surface area contributed by atoms with Crippen LogP contribution in [0.1, 0.15) is 25.7 Å². The van der Waals surface area contributed by atoms with Crippen LogP contribution in [0.4, 0.5) is 0 Å². The first kappa shape index (κ1) is 12.4. The van der Waals surface area contributed by atoms with Crippen LogP contribution in [-0.4, -0.2) is 59.5 Å². The van der Waals surface area contributed by atoms with Crippen LogP contribution in [0, 0.1) is 5.92 Å². The Morgan fingerprint density at radius 3 is 2.59 bits per heavy atom. The lowest BCUT2D eigenvalue weighted by Crippen LogP contribution is -2.36. The van der Waals surface area contributed by atoms with Crippen LogP contribution in [0.25, 0.3) is 0 Å². The van der Waals surface area contributed by atoms with E-state index in [2.05, 4.69) is 4.90 Å². The average molecular weight is 240 g/mol. The van der Waals surface area contributed by atoms with Gasteiger partial charge in [0.2, 0.25) is 5.91 Å². The summed E-state index contributed by atoms with van der Waals surface area (Å²) in [6.07, 6.45) is 3.31. The van der Waals surface area contributed by atoms with Gasteiger partial charge in [-0.15, -0.1) is 0 Å². The van der Waals surface area contributed by atoms with Crippen LogP contribution in [0.5, 0.6) is 0 Å². The summed E-state index contributed by atoms with van der Waals surface area (Å²) in [5.41, 5.74) is 0. The Labute approximate surface area is 101 Å². The van der Waals surface area contributed by atoms with Crippen LogP contribution < -0.4 is 0 Å². The summed E-state index contributed by atoms with van der Waals surface area (Å²) in [6.45, 7) is 0.704. The first-order valence-electron chi connectivity index (χ1n) is 6.19. The summed E-state index contributed by atoms with van der Waals surface area (Å²) in [7, 11) is 3.50. The van der Waals surface area contributed by atoms with E-state index >= 15 is 0 Å². The van der Waals surface area contributed by atoms with Crippen LogP contribution in [0.2, 0.25) is 0 Å². The third-order valence-electron chi connectivity index (χ3n) is 4.08. The highest BCUT2D eigenvalue weighted by Crippen LogP contribution is 2.41. The fourth-order valence-electron chi connectivity index (χ4n) is 3.16. The molecule has 0 saturated carbocycles. The molecule has 0 aromatic carbocycles. The third kappa shape index (κ3) is 2.29. The Bertz CT molecular complexity index is 330. The van der Waals surface area contributed by atoms with Gasteiger partial charge in [0.1, 0.15) is 0 Å². The van der Waals surface area contributed by atoms with Crippen LogP contribution in [0.15, 0.2) is 0 Å². The van der Waals surface area contributed by atoms with Gasteiger partial charge in [-0.25, -0.2) is 0 Å². The maximum atomic E-state index is 11.5. The number of carboxylic acids is 1. The van der Waals surface area contributed by atoms with Gasteiger partial charge in [-0.1, -0.05) is 0 Å². The van der Waals surface area contributed by atoms with Crippen molar-refractivity contribution >= 4 is 11.9 Å². The molecule has 2 bridgehead atoms. The molecule has 1 amide bonds. The fraction of sp³-hybridized carbons (Fsp3) is 0.833. The molecule has 2 aliphatic rings. The van der Waals surface area contributed by atoms with E-state index in [0.29, 0.717) is 19.0 Å². The topological polar surface area (TPSA) is 60.9 Å². The van der Waals surface area contributed by atoms with Crippen molar-refractivity contribution in [3.63, 3.8) is 0 Å². The molecular weight excluding hydrogens is 220 g/mol. The van der Waals surface area contributed by atoms with E-state index in [0.717, 1.165) is 19.3 Å². The summed E-state index contributed by atoms with van der Waals surface area (Å²) in [5, 5.41) is 9.12. The van der Waals surface area contributed by atoms with Gasteiger partial charge < -0.3 is 10.0 Å². The molecule has 0 radical (unpaired) electrons. The normalized spacial score (nSPS) is 31.8. The maximum Gasteiger partial charge on any atom is 0.308 e. The van der Waals surface area contributed by atoms with Crippen molar-refractivity contribution < 1.29 is 14.7 Å². The second kappa shape index (κ2) is 4.64. The van der Waals surface area contributed by atoms with Crippen molar-refractivity contribution in [3.05, 3.63) is 0 Å². The molecule has 5 nitrogen and oxygen atoms in total. The number of hydrogen-bond acceptors (Lipinski definition) is 3. The van der Waals surface area contributed by atoms with Gasteiger partial charge in [0.15, 0.2) is 0 Å². The fourth-order valence-corrected chi connectivity index (χ4v) is 3.16. The molecule has 0 aliphatic carbocycles. The van der Waals surface area contributed by atoms with Gasteiger partial charge in [0, 0.05) is 39.1 Å². The third-order valence-corrected chi connectivity index (χ3v) is 4.08. The highest BCUT2D eigenvalue weighted by molar-refractivity contribution is 5.75. The van der Waals surface area contributed by atoms with Crippen LogP contribution in [0.3, 0.4) is 0 Å². The summed E-state index contributed by atoms with van der Waals surface area (Å²) < 4.78 is 0. The van der Waals surface area contributed by atoms with Crippen molar-refractivity contribution in [1.29, 1.82) is 0 Å². The predicted octanol–water partition coefficient (Wildman–Crippen LogP) is 0.402. The first-order valence-corrected chi connectivity index (χ1v) is 6.19. The molecule has 0 aromatic rings. The molecule has 3 unspecified atom stereocenters. The number of nitrogens with zero attached hydrogens (tertiary/aromatic N) is 2. The summed E-state index contributed by atoms with van der Waals surface area (Å²) in [5.74, 6) is -0.785. The summed E-state index contributed by atoms with van der Waals surface area (Å²) in [6, 6.07) is 0.545. The van der Waals surface area contributed by atoms with Gasteiger partial charge in [-0.2, -0.15) is 0 Å². The van der Waals surface area contributed by atoms with Gasteiger partial charge >= 0.3 is 5.97 Å². The van der Waals surface area contributed by atoms with Gasteiger partial charge in [0.25, 0.3) is 0 Å². The number of rotatable bonds is 4. The summed E-state index contributed by atoms with van der Waals surface area (Å²) >= 11 is 0. The maximum absolute atomic E-state index is 11.5. The molecule has 5 heteroatoms. The quantitative estimate of drug-likeness (QED) is 0.773. The van der Waals surface area contributed by atoms with E-state index in [1.807, 2.05) is 0 Å². The van der Waals surface area contributed by atoms with Gasteiger partial charge in [-0.05, 0) is 19.3 Å². The lowest BCUT2D eigenvalue weighted by Gasteiger charge is -2.23. The number of amides is 1. The van der Waals surface area contributed by atoms with E-state index in [1.165, 1.54) is 0 Å². The largest absolute Gasteiger partial charge is 0.481 e. The number of hydrogen-bond donors (Lipinski definition) is 1. The van der Waals surface area contributed by atoms with E-state index in [-0.39, 0.29) is 17.9 Å². The molecule has 1 N–H and O–H groups in total. The smallest absolute Gasteiger partial charge is 0.308 e. The Balaban J connectivity index is 1.91. The molecule has 0 aromatic heterocycles. The van der Waals surface area contributed by atoms with Crippen molar-refractivity contribution in [2.75, 3.05) is 20.6 Å². The zero-order valence-corrected chi connectivity index (χ0v) is 10.4. The minimum atomic E-state index is -0.680. The molecule has 3 atom stereocenters. The average Bonchev–Trinajstić information content (AvgIpc) is 2.82. The minimum Gasteiger partial charge on any atom is -0.481 e. The second-order valence-corrected chi connectivity index (χ2v) is 5.25. The minimum absolute atomic E-state index is 0.114. The van der Waals surface area contributed by atoms with E-state index < -0.39 is 5.97 Å². The predicted molar refractivity (Wildman–Crippen MR) is 62.6 cm³/mol. The van der Waals surface area contributed by atoms with Gasteiger partial charge in [-0.3, -0.25) is 14.5 Å². The Kier molecular flexibility index (Phi) is 3.38. The van der Waals surface area contributed by atoms with Crippen molar-refractivity contribution in [2.24, 2.45) is 5.92 Å². The number of carboxylic acid groups (broad SMARTS) is 1. The summed E-state index contributed by atoms with van der Waals surface area (Å²) in [4.78, 5) is 26.4. The van der Waals surface area contributed by atoms with Gasteiger partial charge in [0.05, 0.1) is 5.92 Å². The lowest BCUT2D eigenvalue weighted by atomic mass is 9.89. The molecule has 2 fully saturated rings. The molecular formula is C12H20N2O3. The number of aliphatic carboxylic acids is 1. The Morgan fingerprint density at radius 1 is 1.35 bits per heavy atom. The van der Waals surface area contributed by atoms with Crippen LogP contribution >= 0.6 is 0 Å².